The molecule has 0 heterocycles. The van der Waals surface area contributed by atoms with E-state index in [2.05, 4.69) is 0 Å². The maximum Gasteiger partial charge on any atom is 0.161 e. The van der Waals surface area contributed by atoms with Gasteiger partial charge in [0.15, 0.2) is 17.8 Å². The van der Waals surface area contributed by atoms with E-state index in [1.54, 1.807) is 20.3 Å². The maximum absolute atomic E-state index is 11.2. The second kappa shape index (κ2) is 6.29. The van der Waals surface area contributed by atoms with E-state index >= 15 is 0 Å². The molecule has 0 aliphatic carbocycles. The van der Waals surface area contributed by atoms with Crippen molar-refractivity contribution in [2.24, 2.45) is 0 Å². The molecule has 98 valence electrons. The van der Waals surface area contributed by atoms with E-state index < -0.39 is 0 Å². The number of carbonyl (C=O) groups excluding carboxylic acids is 1. The van der Waals surface area contributed by atoms with Crippen LogP contribution in [0.5, 0.6) is 11.5 Å². The Morgan fingerprint density at radius 1 is 1.00 bits per heavy atom. The molecule has 0 bridgehead atoms. The van der Waals surface area contributed by atoms with Crippen LogP contribution in [0.15, 0.2) is 52.3 Å². The van der Waals surface area contributed by atoms with E-state index in [1.165, 1.54) is 11.8 Å². The van der Waals surface area contributed by atoms with Crippen molar-refractivity contribution < 1.29 is 14.3 Å². The Kier molecular flexibility index (Phi) is 4.47. The van der Waals surface area contributed by atoms with Crippen molar-refractivity contribution in [2.45, 2.75) is 9.79 Å². The van der Waals surface area contributed by atoms with Gasteiger partial charge in [-0.1, -0.05) is 30.0 Å². The molecule has 0 aromatic heterocycles. The van der Waals surface area contributed by atoms with Crippen LogP contribution in [0.2, 0.25) is 0 Å². The topological polar surface area (TPSA) is 35.5 Å². The minimum absolute atomic E-state index is 0.557. The number of hydrogen-bond donors (Lipinski definition) is 0. The maximum atomic E-state index is 11.2. The predicted octanol–water partition coefficient (Wildman–Crippen LogP) is 3.67. The van der Waals surface area contributed by atoms with Crippen LogP contribution in [-0.2, 0) is 0 Å². The summed E-state index contributed by atoms with van der Waals surface area (Å²) in [5, 5.41) is 0. The van der Waals surface area contributed by atoms with Gasteiger partial charge in [-0.15, -0.1) is 0 Å². The van der Waals surface area contributed by atoms with Crippen LogP contribution < -0.4 is 9.47 Å². The van der Waals surface area contributed by atoms with Crippen molar-refractivity contribution in [1.82, 2.24) is 0 Å². The molecule has 4 heteroatoms. The van der Waals surface area contributed by atoms with Crippen LogP contribution in [0.25, 0.3) is 0 Å². The Morgan fingerprint density at radius 3 is 2.21 bits per heavy atom. The zero-order valence-electron chi connectivity index (χ0n) is 10.8. The lowest BCUT2D eigenvalue weighted by Gasteiger charge is -2.11. The molecule has 0 atom stereocenters. The Balaban J connectivity index is 2.41. The second-order valence-electron chi connectivity index (χ2n) is 3.78. The average molecular weight is 274 g/mol. The van der Waals surface area contributed by atoms with Gasteiger partial charge < -0.3 is 9.47 Å². The molecule has 0 amide bonds. The minimum atomic E-state index is 0.557. The number of methoxy groups -OCH3 is 2. The van der Waals surface area contributed by atoms with Gasteiger partial charge >= 0.3 is 0 Å². The van der Waals surface area contributed by atoms with Crippen molar-refractivity contribution in [1.29, 1.82) is 0 Å². The second-order valence-corrected chi connectivity index (χ2v) is 4.89. The zero-order chi connectivity index (χ0) is 13.7. The number of aldehydes is 1. The quantitative estimate of drug-likeness (QED) is 0.779. The third-order valence-electron chi connectivity index (χ3n) is 2.61. The van der Waals surface area contributed by atoms with E-state index in [9.17, 15) is 4.79 Å². The molecule has 0 N–H and O–H groups in total. The first-order chi connectivity index (χ1) is 9.28. The molecule has 2 rings (SSSR count). The SMILES string of the molecule is COc1cc(C=O)c(Sc2ccccc2)cc1OC. The first-order valence-corrected chi connectivity index (χ1v) is 6.54. The summed E-state index contributed by atoms with van der Waals surface area (Å²) in [5.41, 5.74) is 0.589. The molecule has 0 radical (unpaired) electrons. The first-order valence-electron chi connectivity index (χ1n) is 5.72. The summed E-state index contributed by atoms with van der Waals surface area (Å²) in [7, 11) is 3.13. The van der Waals surface area contributed by atoms with Gasteiger partial charge in [-0.3, -0.25) is 4.79 Å². The normalized spacial score (nSPS) is 10.0. The highest BCUT2D eigenvalue weighted by molar-refractivity contribution is 7.99. The molecule has 19 heavy (non-hydrogen) atoms. The number of ether oxygens (including phenoxy) is 2. The highest BCUT2D eigenvalue weighted by atomic mass is 32.2. The Hall–Kier alpha value is -1.94. The molecule has 0 fully saturated rings. The molecule has 2 aromatic carbocycles. The standard InChI is InChI=1S/C15H14O3S/c1-17-13-8-11(10-16)15(9-14(13)18-2)19-12-6-4-3-5-7-12/h3-10H,1-2H3. The van der Waals surface area contributed by atoms with Gasteiger partial charge in [0.05, 0.1) is 14.2 Å². The van der Waals surface area contributed by atoms with Gasteiger partial charge in [0.2, 0.25) is 0 Å². The third kappa shape index (κ3) is 3.09. The summed E-state index contributed by atoms with van der Waals surface area (Å²) < 4.78 is 10.5. The Labute approximate surface area is 116 Å². The van der Waals surface area contributed by atoms with Crippen molar-refractivity contribution in [2.75, 3.05) is 14.2 Å². The predicted molar refractivity (Wildman–Crippen MR) is 75.5 cm³/mol. The van der Waals surface area contributed by atoms with Crippen molar-refractivity contribution in [3.05, 3.63) is 48.0 Å². The van der Waals surface area contributed by atoms with Crippen LogP contribution in [0.4, 0.5) is 0 Å². The van der Waals surface area contributed by atoms with Gasteiger partial charge in [0.1, 0.15) is 0 Å². The summed E-state index contributed by atoms with van der Waals surface area (Å²) in [5.74, 6) is 1.17. The number of hydrogen-bond acceptors (Lipinski definition) is 4. The zero-order valence-corrected chi connectivity index (χ0v) is 11.6. The largest absolute Gasteiger partial charge is 0.493 e. The Bertz CT molecular complexity index is 567. The molecule has 0 unspecified atom stereocenters. The summed E-state index contributed by atoms with van der Waals surface area (Å²) in [4.78, 5) is 13.1. The van der Waals surface area contributed by atoms with Gasteiger partial charge in [0.25, 0.3) is 0 Å². The fourth-order valence-corrected chi connectivity index (χ4v) is 2.61. The van der Waals surface area contributed by atoms with E-state index in [0.29, 0.717) is 17.1 Å². The molecule has 0 saturated heterocycles. The van der Waals surface area contributed by atoms with Crippen LogP contribution >= 0.6 is 11.8 Å². The summed E-state index contributed by atoms with van der Waals surface area (Å²) in [6, 6.07) is 13.4. The lowest BCUT2D eigenvalue weighted by Crippen LogP contribution is -1.94. The highest BCUT2D eigenvalue weighted by Crippen LogP contribution is 2.37. The van der Waals surface area contributed by atoms with Crippen LogP contribution in [0.1, 0.15) is 10.4 Å². The third-order valence-corrected chi connectivity index (χ3v) is 3.70. The average Bonchev–Trinajstić information content (AvgIpc) is 2.47. The van der Waals surface area contributed by atoms with Gasteiger partial charge in [0, 0.05) is 15.4 Å². The number of benzene rings is 2. The van der Waals surface area contributed by atoms with Gasteiger partial charge in [-0.2, -0.15) is 0 Å². The molecule has 3 nitrogen and oxygen atoms in total. The summed E-state index contributed by atoms with van der Waals surface area (Å²) in [6.45, 7) is 0. The number of carbonyl (C=O) groups is 1. The molecule has 2 aromatic rings. The molecule has 0 aliphatic rings. The first kappa shape index (κ1) is 13.5. The molecular formula is C15H14O3S. The molecule has 0 spiro atoms. The highest BCUT2D eigenvalue weighted by Gasteiger charge is 2.11. The van der Waals surface area contributed by atoms with E-state index in [-0.39, 0.29) is 0 Å². The smallest absolute Gasteiger partial charge is 0.161 e. The number of rotatable bonds is 5. The van der Waals surface area contributed by atoms with E-state index in [0.717, 1.165) is 16.1 Å². The van der Waals surface area contributed by atoms with Gasteiger partial charge in [-0.05, 0) is 24.3 Å². The van der Waals surface area contributed by atoms with E-state index in [1.807, 2.05) is 36.4 Å². The van der Waals surface area contributed by atoms with Crippen LogP contribution in [-0.4, -0.2) is 20.5 Å². The fourth-order valence-electron chi connectivity index (χ4n) is 1.67. The Morgan fingerprint density at radius 2 is 1.63 bits per heavy atom. The lowest BCUT2D eigenvalue weighted by molar-refractivity contribution is 0.112. The minimum Gasteiger partial charge on any atom is -0.493 e. The molecular weight excluding hydrogens is 260 g/mol. The van der Waals surface area contributed by atoms with Crippen LogP contribution in [0, 0.1) is 0 Å². The van der Waals surface area contributed by atoms with E-state index in [4.69, 9.17) is 9.47 Å². The van der Waals surface area contributed by atoms with Crippen molar-refractivity contribution in [3.8, 4) is 11.5 Å². The lowest BCUT2D eigenvalue weighted by atomic mass is 10.2. The van der Waals surface area contributed by atoms with Crippen molar-refractivity contribution in [3.63, 3.8) is 0 Å². The monoisotopic (exact) mass is 274 g/mol. The summed E-state index contributed by atoms with van der Waals surface area (Å²) >= 11 is 1.52. The molecule has 0 aliphatic heterocycles. The summed E-state index contributed by atoms with van der Waals surface area (Å²) in [6.07, 6.45) is 0.827. The van der Waals surface area contributed by atoms with Gasteiger partial charge in [-0.25, -0.2) is 0 Å². The van der Waals surface area contributed by atoms with Crippen molar-refractivity contribution >= 4 is 18.0 Å². The molecule has 0 saturated carbocycles. The van der Waals surface area contributed by atoms with Crippen LogP contribution in [0.3, 0.4) is 0 Å². The fraction of sp³-hybridized carbons (Fsp3) is 0.133.